The molecular weight excluding hydrogens is 360 g/mol. The highest BCUT2D eigenvalue weighted by Gasteiger charge is 2.49. The van der Waals surface area contributed by atoms with E-state index in [0.29, 0.717) is 6.54 Å². The van der Waals surface area contributed by atoms with E-state index in [1.807, 2.05) is 60.7 Å². The van der Waals surface area contributed by atoms with Crippen molar-refractivity contribution in [2.75, 3.05) is 13.6 Å². The van der Waals surface area contributed by atoms with E-state index in [1.54, 1.807) is 7.05 Å². The number of carbonyl (C=O) groups excluding carboxylic acids is 1. The van der Waals surface area contributed by atoms with Crippen LogP contribution >= 0.6 is 0 Å². The molecule has 0 aromatic heterocycles. The molecule has 1 heterocycles. The number of carbonyl (C=O) groups is 1. The highest BCUT2D eigenvalue weighted by atomic mass is 16.2. The normalized spacial score (nSPS) is 18.8. The van der Waals surface area contributed by atoms with Gasteiger partial charge in [0.1, 0.15) is 0 Å². The SMILES string of the molecule is CN1C(=O)C(c2ccccc2)(c2cccc(-c3cccc(CCN)c3)c2)N=C1N. The van der Waals surface area contributed by atoms with Crippen LogP contribution in [0, 0.1) is 0 Å². The van der Waals surface area contributed by atoms with Gasteiger partial charge in [-0.3, -0.25) is 9.69 Å². The maximum absolute atomic E-state index is 13.3. The first kappa shape index (κ1) is 18.9. The van der Waals surface area contributed by atoms with Crippen LogP contribution in [0.5, 0.6) is 0 Å². The number of benzene rings is 3. The van der Waals surface area contributed by atoms with E-state index >= 15 is 0 Å². The summed E-state index contributed by atoms with van der Waals surface area (Å²) in [5, 5.41) is 0. The van der Waals surface area contributed by atoms with Gasteiger partial charge in [-0.15, -0.1) is 0 Å². The lowest BCUT2D eigenvalue weighted by molar-refractivity contribution is -0.129. The minimum absolute atomic E-state index is 0.157. The quantitative estimate of drug-likeness (QED) is 0.709. The second kappa shape index (κ2) is 7.53. The summed E-state index contributed by atoms with van der Waals surface area (Å²) in [4.78, 5) is 19.4. The maximum Gasteiger partial charge on any atom is 0.266 e. The third-order valence-electron chi connectivity index (χ3n) is 5.41. The third kappa shape index (κ3) is 3.19. The van der Waals surface area contributed by atoms with E-state index in [0.717, 1.165) is 28.7 Å². The van der Waals surface area contributed by atoms with Crippen LogP contribution in [-0.2, 0) is 16.8 Å². The molecule has 0 saturated carbocycles. The Kier molecular flexibility index (Phi) is 4.91. The molecule has 146 valence electrons. The highest BCUT2D eigenvalue weighted by Crippen LogP contribution is 2.40. The molecule has 0 aliphatic carbocycles. The summed E-state index contributed by atoms with van der Waals surface area (Å²) in [5.41, 5.74) is 15.5. The molecule has 3 aromatic carbocycles. The summed E-state index contributed by atoms with van der Waals surface area (Å²) in [6, 6.07) is 25.9. The minimum atomic E-state index is -1.18. The fourth-order valence-electron chi connectivity index (χ4n) is 3.86. The van der Waals surface area contributed by atoms with Crippen molar-refractivity contribution in [3.63, 3.8) is 0 Å². The van der Waals surface area contributed by atoms with Gasteiger partial charge in [-0.2, -0.15) is 0 Å². The smallest absolute Gasteiger partial charge is 0.266 e. The average Bonchev–Trinajstić information content (AvgIpc) is 3.00. The van der Waals surface area contributed by atoms with E-state index < -0.39 is 5.54 Å². The molecule has 4 rings (SSSR count). The zero-order valence-corrected chi connectivity index (χ0v) is 16.4. The van der Waals surface area contributed by atoms with E-state index in [2.05, 4.69) is 23.2 Å². The van der Waals surface area contributed by atoms with Gasteiger partial charge in [-0.25, -0.2) is 4.99 Å². The Labute approximate surface area is 170 Å². The van der Waals surface area contributed by atoms with Gasteiger partial charge >= 0.3 is 0 Å². The Hall–Kier alpha value is -3.44. The molecule has 0 bridgehead atoms. The van der Waals surface area contributed by atoms with E-state index in [4.69, 9.17) is 11.5 Å². The fourth-order valence-corrected chi connectivity index (χ4v) is 3.86. The largest absolute Gasteiger partial charge is 0.369 e. The molecule has 1 unspecified atom stereocenters. The maximum atomic E-state index is 13.3. The zero-order chi connectivity index (χ0) is 20.4. The van der Waals surface area contributed by atoms with Crippen LogP contribution in [0.1, 0.15) is 16.7 Å². The van der Waals surface area contributed by atoms with Gasteiger partial charge in [0.2, 0.25) is 0 Å². The van der Waals surface area contributed by atoms with Crippen molar-refractivity contribution in [2.24, 2.45) is 16.5 Å². The molecule has 0 fully saturated rings. The monoisotopic (exact) mass is 384 g/mol. The number of guanidine groups is 1. The molecule has 1 atom stereocenters. The number of nitrogens with two attached hydrogens (primary N) is 2. The summed E-state index contributed by atoms with van der Waals surface area (Å²) in [7, 11) is 1.66. The average molecular weight is 384 g/mol. The molecular formula is C24H24N4O. The topological polar surface area (TPSA) is 84.7 Å². The Morgan fingerprint density at radius 1 is 0.897 bits per heavy atom. The molecule has 0 saturated heterocycles. The van der Waals surface area contributed by atoms with Crippen molar-refractivity contribution in [1.82, 2.24) is 4.90 Å². The van der Waals surface area contributed by atoms with Gasteiger partial charge in [0.25, 0.3) is 5.91 Å². The Bertz CT molecular complexity index is 1080. The number of hydrogen-bond donors (Lipinski definition) is 2. The Morgan fingerprint density at radius 2 is 1.55 bits per heavy atom. The zero-order valence-electron chi connectivity index (χ0n) is 16.4. The lowest BCUT2D eigenvalue weighted by atomic mass is 9.81. The molecule has 0 spiro atoms. The van der Waals surface area contributed by atoms with Gasteiger partial charge in [0.05, 0.1) is 0 Å². The molecule has 0 radical (unpaired) electrons. The van der Waals surface area contributed by atoms with Crippen LogP contribution in [-0.4, -0.2) is 30.4 Å². The van der Waals surface area contributed by atoms with Crippen LogP contribution in [0.25, 0.3) is 11.1 Å². The third-order valence-corrected chi connectivity index (χ3v) is 5.41. The van der Waals surface area contributed by atoms with Gasteiger partial charge in [-0.1, -0.05) is 72.8 Å². The second-order valence-electron chi connectivity index (χ2n) is 7.23. The first-order valence-electron chi connectivity index (χ1n) is 9.65. The molecule has 1 aliphatic rings. The first-order valence-corrected chi connectivity index (χ1v) is 9.65. The van der Waals surface area contributed by atoms with Gasteiger partial charge in [0.15, 0.2) is 11.5 Å². The van der Waals surface area contributed by atoms with Crippen molar-refractivity contribution in [2.45, 2.75) is 12.0 Å². The van der Waals surface area contributed by atoms with Crippen molar-refractivity contribution < 1.29 is 4.79 Å². The Morgan fingerprint density at radius 3 is 2.21 bits per heavy atom. The van der Waals surface area contributed by atoms with Crippen LogP contribution in [0.2, 0.25) is 0 Å². The van der Waals surface area contributed by atoms with Crippen LogP contribution in [0.3, 0.4) is 0 Å². The van der Waals surface area contributed by atoms with Crippen LogP contribution in [0.4, 0.5) is 0 Å². The minimum Gasteiger partial charge on any atom is -0.369 e. The van der Waals surface area contributed by atoms with Crippen molar-refractivity contribution in [3.8, 4) is 11.1 Å². The number of hydrogen-bond acceptors (Lipinski definition) is 4. The number of aliphatic imine (C=N–C) groups is 1. The summed E-state index contributed by atoms with van der Waals surface area (Å²) < 4.78 is 0. The predicted octanol–water partition coefficient (Wildman–Crippen LogP) is 2.89. The summed E-state index contributed by atoms with van der Waals surface area (Å²) >= 11 is 0. The molecule has 5 nitrogen and oxygen atoms in total. The number of likely N-dealkylation sites (N-methyl/N-ethyl adjacent to an activating group) is 1. The highest BCUT2D eigenvalue weighted by molar-refractivity contribution is 6.09. The van der Waals surface area contributed by atoms with Gasteiger partial charge in [-0.05, 0) is 46.8 Å². The van der Waals surface area contributed by atoms with Gasteiger partial charge in [0, 0.05) is 7.05 Å². The van der Waals surface area contributed by atoms with Gasteiger partial charge < -0.3 is 11.5 Å². The first-order chi connectivity index (χ1) is 14.1. The van der Waals surface area contributed by atoms with Crippen molar-refractivity contribution in [1.29, 1.82) is 0 Å². The Balaban J connectivity index is 1.87. The number of nitrogens with zero attached hydrogens (tertiary/aromatic N) is 2. The lowest BCUT2D eigenvalue weighted by Crippen LogP contribution is -2.41. The van der Waals surface area contributed by atoms with E-state index in [1.165, 1.54) is 10.5 Å². The lowest BCUT2D eigenvalue weighted by Gasteiger charge is -2.26. The summed E-state index contributed by atoms with van der Waals surface area (Å²) in [6.45, 7) is 0.607. The van der Waals surface area contributed by atoms with Crippen molar-refractivity contribution in [3.05, 3.63) is 95.6 Å². The fraction of sp³-hybridized carbons (Fsp3) is 0.167. The second-order valence-corrected chi connectivity index (χ2v) is 7.23. The molecule has 5 heteroatoms. The molecule has 3 aromatic rings. The van der Waals surface area contributed by atoms with Crippen LogP contribution in [0.15, 0.2) is 83.9 Å². The molecule has 1 amide bonds. The molecule has 4 N–H and O–H groups in total. The summed E-state index contributed by atoms with van der Waals surface area (Å²) in [6.07, 6.45) is 0.825. The standard InChI is InChI=1S/C24H24N4O/c1-28-22(29)24(27-23(28)26,20-10-3-2-4-11-20)21-12-6-9-19(16-21)18-8-5-7-17(15-18)13-14-25/h2-12,15-16H,13-14,25H2,1H3,(H2,26,27). The number of rotatable bonds is 5. The van der Waals surface area contributed by atoms with Crippen LogP contribution < -0.4 is 11.5 Å². The predicted molar refractivity (Wildman–Crippen MR) is 116 cm³/mol. The molecule has 29 heavy (non-hydrogen) atoms. The summed E-state index contributed by atoms with van der Waals surface area (Å²) in [5.74, 6) is 0.0597. The van der Waals surface area contributed by atoms with Crippen molar-refractivity contribution >= 4 is 11.9 Å². The van der Waals surface area contributed by atoms with E-state index in [9.17, 15) is 4.79 Å². The number of amides is 1. The van der Waals surface area contributed by atoms with E-state index in [-0.39, 0.29) is 11.9 Å². The molecule has 1 aliphatic heterocycles.